The Morgan fingerprint density at radius 3 is 2.56 bits per heavy atom. The lowest BCUT2D eigenvalue weighted by Gasteiger charge is -2.10. The standard InChI is InChI=1S/C10H14N2O3S/c1-5-9(6-2)12-16(13,14)10-7(3)11-15-8(10)4/h1,9,12H,6H2,2-4H3. The van der Waals surface area contributed by atoms with E-state index >= 15 is 0 Å². The van der Waals surface area contributed by atoms with E-state index in [0.29, 0.717) is 12.1 Å². The minimum Gasteiger partial charge on any atom is -0.360 e. The van der Waals surface area contributed by atoms with Gasteiger partial charge < -0.3 is 4.52 Å². The van der Waals surface area contributed by atoms with E-state index in [2.05, 4.69) is 15.8 Å². The van der Waals surface area contributed by atoms with Gasteiger partial charge in [0.05, 0.1) is 6.04 Å². The van der Waals surface area contributed by atoms with Crippen LogP contribution in [0.15, 0.2) is 9.42 Å². The van der Waals surface area contributed by atoms with Crippen LogP contribution >= 0.6 is 0 Å². The zero-order valence-electron chi connectivity index (χ0n) is 9.44. The second-order valence-corrected chi connectivity index (χ2v) is 5.05. The third-order valence-corrected chi connectivity index (χ3v) is 3.86. The van der Waals surface area contributed by atoms with Crippen molar-refractivity contribution in [2.45, 2.75) is 38.1 Å². The lowest BCUT2D eigenvalue weighted by Crippen LogP contribution is -2.33. The molecule has 0 saturated heterocycles. The van der Waals surface area contributed by atoms with Crippen molar-refractivity contribution in [1.82, 2.24) is 9.88 Å². The molecule has 1 aromatic heterocycles. The Balaban J connectivity index is 3.09. The molecule has 0 fully saturated rings. The summed E-state index contributed by atoms with van der Waals surface area (Å²) in [6.07, 6.45) is 5.73. The van der Waals surface area contributed by atoms with Crippen LogP contribution in [0.1, 0.15) is 24.8 Å². The largest absolute Gasteiger partial charge is 0.360 e. The first kappa shape index (κ1) is 12.7. The van der Waals surface area contributed by atoms with Crippen LogP contribution in [-0.4, -0.2) is 19.6 Å². The number of hydrogen-bond acceptors (Lipinski definition) is 4. The Labute approximate surface area is 95.3 Å². The summed E-state index contributed by atoms with van der Waals surface area (Å²) in [6.45, 7) is 4.92. The number of hydrogen-bond donors (Lipinski definition) is 1. The van der Waals surface area contributed by atoms with Gasteiger partial charge in [0.25, 0.3) is 0 Å². The highest BCUT2D eigenvalue weighted by atomic mass is 32.2. The van der Waals surface area contributed by atoms with E-state index in [4.69, 9.17) is 10.9 Å². The molecular formula is C10H14N2O3S. The fraction of sp³-hybridized carbons (Fsp3) is 0.500. The van der Waals surface area contributed by atoms with Crippen molar-refractivity contribution < 1.29 is 12.9 Å². The Morgan fingerprint density at radius 1 is 1.56 bits per heavy atom. The van der Waals surface area contributed by atoms with E-state index in [1.165, 1.54) is 0 Å². The van der Waals surface area contributed by atoms with Gasteiger partial charge in [-0.3, -0.25) is 0 Å². The molecule has 16 heavy (non-hydrogen) atoms. The van der Waals surface area contributed by atoms with Crippen LogP contribution in [0.5, 0.6) is 0 Å². The Kier molecular flexibility index (Phi) is 3.73. The summed E-state index contributed by atoms with van der Waals surface area (Å²) in [5, 5.41) is 3.60. The summed E-state index contributed by atoms with van der Waals surface area (Å²) in [4.78, 5) is 0.0706. The summed E-state index contributed by atoms with van der Waals surface area (Å²) < 4.78 is 31.1. The molecule has 1 aromatic rings. The van der Waals surface area contributed by atoms with E-state index < -0.39 is 16.1 Å². The molecule has 0 aromatic carbocycles. The average Bonchev–Trinajstić information content (AvgIpc) is 2.55. The van der Waals surface area contributed by atoms with Crippen molar-refractivity contribution in [2.75, 3.05) is 0 Å². The summed E-state index contributed by atoms with van der Waals surface area (Å²) >= 11 is 0. The SMILES string of the molecule is C#CC(CC)NS(=O)(=O)c1c(C)noc1C. The zero-order valence-corrected chi connectivity index (χ0v) is 10.3. The van der Waals surface area contributed by atoms with Gasteiger partial charge in [0, 0.05) is 0 Å². The van der Waals surface area contributed by atoms with Crippen LogP contribution in [0.25, 0.3) is 0 Å². The maximum atomic E-state index is 12.0. The first-order chi connectivity index (χ1) is 7.42. The highest BCUT2D eigenvalue weighted by Gasteiger charge is 2.25. The topological polar surface area (TPSA) is 72.2 Å². The number of rotatable bonds is 4. The molecule has 0 radical (unpaired) electrons. The summed E-state index contributed by atoms with van der Waals surface area (Å²) in [7, 11) is -3.65. The van der Waals surface area contributed by atoms with Gasteiger partial charge in [0.15, 0.2) is 5.76 Å². The van der Waals surface area contributed by atoms with Crippen molar-refractivity contribution in [3.8, 4) is 12.3 Å². The molecule has 0 bridgehead atoms. The minimum atomic E-state index is -3.65. The van der Waals surface area contributed by atoms with Crippen molar-refractivity contribution in [3.63, 3.8) is 0 Å². The lowest BCUT2D eigenvalue weighted by molar-refractivity contribution is 0.390. The second kappa shape index (κ2) is 4.68. The Bertz CT molecular complexity index is 491. The average molecular weight is 242 g/mol. The molecule has 1 rings (SSSR count). The molecule has 6 heteroatoms. The smallest absolute Gasteiger partial charge is 0.247 e. The zero-order chi connectivity index (χ0) is 12.3. The molecule has 5 nitrogen and oxygen atoms in total. The molecule has 0 aliphatic heterocycles. The quantitative estimate of drug-likeness (QED) is 0.799. The summed E-state index contributed by atoms with van der Waals surface area (Å²) in [5.41, 5.74) is 0.330. The van der Waals surface area contributed by atoms with Crippen molar-refractivity contribution in [2.24, 2.45) is 0 Å². The van der Waals surface area contributed by atoms with Crippen molar-refractivity contribution in [3.05, 3.63) is 11.5 Å². The van der Waals surface area contributed by atoms with Crippen LogP contribution in [0, 0.1) is 26.2 Å². The molecular weight excluding hydrogens is 228 g/mol. The normalized spacial score (nSPS) is 13.4. The monoisotopic (exact) mass is 242 g/mol. The number of nitrogens with one attached hydrogen (secondary N) is 1. The van der Waals surface area contributed by atoms with Crippen LogP contribution in [0.2, 0.25) is 0 Å². The van der Waals surface area contributed by atoms with Crippen LogP contribution < -0.4 is 4.72 Å². The number of nitrogens with zero attached hydrogens (tertiary/aromatic N) is 1. The van der Waals surface area contributed by atoms with Gasteiger partial charge in [-0.2, -0.15) is 4.72 Å². The van der Waals surface area contributed by atoms with Gasteiger partial charge in [-0.15, -0.1) is 6.42 Å². The van der Waals surface area contributed by atoms with Gasteiger partial charge in [-0.1, -0.05) is 18.0 Å². The van der Waals surface area contributed by atoms with Crippen LogP contribution in [0.4, 0.5) is 0 Å². The highest BCUT2D eigenvalue weighted by molar-refractivity contribution is 7.89. The molecule has 1 heterocycles. The first-order valence-corrected chi connectivity index (χ1v) is 6.32. The van der Waals surface area contributed by atoms with Gasteiger partial charge >= 0.3 is 0 Å². The molecule has 0 amide bonds. The van der Waals surface area contributed by atoms with E-state index in [-0.39, 0.29) is 10.7 Å². The third kappa shape index (κ3) is 2.43. The molecule has 88 valence electrons. The van der Waals surface area contributed by atoms with Gasteiger partial charge in [-0.25, -0.2) is 8.42 Å². The van der Waals surface area contributed by atoms with E-state index in [0.717, 1.165) is 0 Å². The Morgan fingerprint density at radius 2 is 2.19 bits per heavy atom. The second-order valence-electron chi connectivity index (χ2n) is 3.40. The maximum absolute atomic E-state index is 12.0. The molecule has 0 spiro atoms. The number of aromatic nitrogens is 1. The van der Waals surface area contributed by atoms with E-state index in [9.17, 15) is 8.42 Å². The van der Waals surface area contributed by atoms with Crippen LogP contribution in [-0.2, 0) is 10.0 Å². The van der Waals surface area contributed by atoms with E-state index in [1.54, 1.807) is 20.8 Å². The summed E-state index contributed by atoms with van der Waals surface area (Å²) in [5.74, 6) is 2.63. The minimum absolute atomic E-state index is 0.0706. The van der Waals surface area contributed by atoms with Gasteiger partial charge in [-0.05, 0) is 20.3 Å². The molecule has 0 aliphatic carbocycles. The molecule has 0 aliphatic rings. The fourth-order valence-corrected chi connectivity index (χ4v) is 2.91. The maximum Gasteiger partial charge on any atom is 0.247 e. The van der Waals surface area contributed by atoms with Crippen molar-refractivity contribution in [1.29, 1.82) is 0 Å². The highest BCUT2D eigenvalue weighted by Crippen LogP contribution is 2.18. The summed E-state index contributed by atoms with van der Waals surface area (Å²) in [6, 6.07) is -0.515. The van der Waals surface area contributed by atoms with E-state index in [1.807, 2.05) is 0 Å². The predicted molar refractivity (Wildman–Crippen MR) is 59.2 cm³/mol. The Hall–Kier alpha value is -1.32. The number of aryl methyl sites for hydroxylation is 2. The van der Waals surface area contributed by atoms with Gasteiger partial charge in [0.1, 0.15) is 10.6 Å². The van der Waals surface area contributed by atoms with Gasteiger partial charge in [0.2, 0.25) is 10.0 Å². The number of sulfonamides is 1. The number of terminal acetylenes is 1. The van der Waals surface area contributed by atoms with Crippen molar-refractivity contribution >= 4 is 10.0 Å². The fourth-order valence-electron chi connectivity index (χ4n) is 1.34. The molecule has 1 unspecified atom stereocenters. The van der Waals surface area contributed by atoms with Crippen LogP contribution in [0.3, 0.4) is 0 Å². The molecule has 1 N–H and O–H groups in total. The lowest BCUT2D eigenvalue weighted by atomic mass is 10.3. The molecule has 1 atom stereocenters. The third-order valence-electron chi connectivity index (χ3n) is 2.14. The molecule has 0 saturated carbocycles. The predicted octanol–water partition coefficient (Wildman–Crippen LogP) is 0.982. The first-order valence-electron chi connectivity index (χ1n) is 4.83.